The van der Waals surface area contributed by atoms with E-state index in [-0.39, 0.29) is 0 Å². The van der Waals surface area contributed by atoms with Gasteiger partial charge in [-0.05, 0) is 30.4 Å². The molecule has 1 aliphatic carbocycles. The molecule has 1 fully saturated rings. The Morgan fingerprint density at radius 3 is 2.78 bits per heavy atom. The first-order valence-corrected chi connectivity index (χ1v) is 7.09. The van der Waals surface area contributed by atoms with Gasteiger partial charge in [-0.2, -0.15) is 0 Å². The fourth-order valence-electron chi connectivity index (χ4n) is 2.73. The third kappa shape index (κ3) is 2.92. The summed E-state index contributed by atoms with van der Waals surface area (Å²) in [7, 11) is 1.68. The molecule has 2 nitrogen and oxygen atoms in total. The predicted octanol–water partition coefficient (Wildman–Crippen LogP) is 4.59. The summed E-state index contributed by atoms with van der Waals surface area (Å²) < 4.78 is 5.25. The van der Waals surface area contributed by atoms with Crippen LogP contribution in [0.3, 0.4) is 0 Å². The summed E-state index contributed by atoms with van der Waals surface area (Å²) in [6.45, 7) is 4.67. The van der Waals surface area contributed by atoms with Crippen molar-refractivity contribution in [2.24, 2.45) is 11.8 Å². The van der Waals surface area contributed by atoms with Crippen molar-refractivity contribution in [1.29, 1.82) is 0 Å². The van der Waals surface area contributed by atoms with Gasteiger partial charge in [-0.1, -0.05) is 38.3 Å². The lowest BCUT2D eigenvalue weighted by molar-refractivity contribution is 0.253. The van der Waals surface area contributed by atoms with Crippen LogP contribution in [0, 0.1) is 11.8 Å². The maximum absolute atomic E-state index is 6.24. The van der Waals surface area contributed by atoms with Crippen LogP contribution >= 0.6 is 11.6 Å². The Kier molecular flexibility index (Phi) is 4.39. The molecule has 1 aliphatic rings. The third-order valence-corrected chi connectivity index (χ3v) is 4.55. The number of rotatable bonds is 3. The molecule has 0 aliphatic heterocycles. The number of nitrogens with one attached hydrogen (secondary N) is 1. The van der Waals surface area contributed by atoms with Crippen LogP contribution in [0.15, 0.2) is 18.2 Å². The van der Waals surface area contributed by atoms with E-state index in [1.807, 2.05) is 18.2 Å². The average Bonchev–Trinajstić information content (AvgIpc) is 2.37. The molecular formula is C15H22ClNO. The van der Waals surface area contributed by atoms with Crippen molar-refractivity contribution >= 4 is 17.3 Å². The predicted molar refractivity (Wildman–Crippen MR) is 77.6 cm³/mol. The summed E-state index contributed by atoms with van der Waals surface area (Å²) in [4.78, 5) is 0. The molecule has 3 heteroatoms. The summed E-state index contributed by atoms with van der Waals surface area (Å²) in [5.74, 6) is 2.31. The second-order valence-corrected chi connectivity index (χ2v) is 5.77. The fourth-order valence-corrected chi connectivity index (χ4v) is 2.90. The molecule has 100 valence electrons. The van der Waals surface area contributed by atoms with Crippen LogP contribution in [-0.2, 0) is 0 Å². The molecule has 0 aromatic heterocycles. The Balaban J connectivity index is 2.12. The van der Waals surface area contributed by atoms with E-state index in [1.54, 1.807) is 7.11 Å². The van der Waals surface area contributed by atoms with Crippen LogP contribution in [0.5, 0.6) is 5.75 Å². The lowest BCUT2D eigenvalue weighted by atomic mass is 9.78. The zero-order valence-electron chi connectivity index (χ0n) is 11.4. The number of hydrogen-bond donors (Lipinski definition) is 1. The zero-order chi connectivity index (χ0) is 13.1. The molecule has 1 saturated carbocycles. The van der Waals surface area contributed by atoms with Crippen molar-refractivity contribution in [1.82, 2.24) is 0 Å². The molecule has 18 heavy (non-hydrogen) atoms. The highest BCUT2D eigenvalue weighted by molar-refractivity contribution is 6.33. The van der Waals surface area contributed by atoms with Crippen LogP contribution in [0.4, 0.5) is 5.69 Å². The Morgan fingerprint density at radius 2 is 2.06 bits per heavy atom. The van der Waals surface area contributed by atoms with Crippen molar-refractivity contribution in [2.45, 2.75) is 39.2 Å². The summed E-state index contributed by atoms with van der Waals surface area (Å²) in [5.41, 5.74) is 0.988. The molecule has 1 aromatic rings. The quantitative estimate of drug-likeness (QED) is 0.865. The Hall–Kier alpha value is -0.890. The van der Waals surface area contributed by atoms with Crippen molar-refractivity contribution in [2.75, 3.05) is 12.4 Å². The van der Waals surface area contributed by atoms with Gasteiger partial charge in [0, 0.05) is 12.1 Å². The fraction of sp³-hybridized carbons (Fsp3) is 0.600. The molecule has 3 atom stereocenters. The highest BCUT2D eigenvalue weighted by atomic mass is 35.5. The molecular weight excluding hydrogens is 246 g/mol. The van der Waals surface area contributed by atoms with Crippen LogP contribution in [0.2, 0.25) is 5.02 Å². The zero-order valence-corrected chi connectivity index (χ0v) is 12.1. The molecule has 0 saturated heterocycles. The number of ether oxygens (including phenoxy) is 1. The van der Waals surface area contributed by atoms with Gasteiger partial charge < -0.3 is 10.1 Å². The van der Waals surface area contributed by atoms with E-state index < -0.39 is 0 Å². The highest BCUT2D eigenvalue weighted by Crippen LogP contribution is 2.34. The number of benzene rings is 1. The summed E-state index contributed by atoms with van der Waals surface area (Å²) >= 11 is 6.24. The first-order valence-electron chi connectivity index (χ1n) is 6.72. The van der Waals surface area contributed by atoms with Gasteiger partial charge in [-0.15, -0.1) is 0 Å². The smallest absolute Gasteiger partial charge is 0.121 e. The number of methoxy groups -OCH3 is 1. The topological polar surface area (TPSA) is 21.3 Å². The number of hydrogen-bond acceptors (Lipinski definition) is 2. The van der Waals surface area contributed by atoms with Gasteiger partial charge in [0.25, 0.3) is 0 Å². The average molecular weight is 268 g/mol. The van der Waals surface area contributed by atoms with E-state index in [1.165, 1.54) is 19.3 Å². The summed E-state index contributed by atoms with van der Waals surface area (Å²) in [6.07, 6.45) is 3.86. The van der Waals surface area contributed by atoms with E-state index in [0.717, 1.165) is 22.4 Å². The lowest BCUT2D eigenvalue weighted by Crippen LogP contribution is -2.35. The van der Waals surface area contributed by atoms with Gasteiger partial charge in [0.2, 0.25) is 0 Å². The second kappa shape index (κ2) is 5.83. The summed E-state index contributed by atoms with van der Waals surface area (Å²) in [6, 6.07) is 6.27. The first kappa shape index (κ1) is 13.5. The SMILES string of the molecule is COc1ccc(Cl)c(NC2CCCC(C)C2C)c1. The number of halogens is 1. The maximum atomic E-state index is 6.24. The van der Waals surface area contributed by atoms with Gasteiger partial charge in [-0.25, -0.2) is 0 Å². The molecule has 0 spiro atoms. The molecule has 1 N–H and O–H groups in total. The van der Waals surface area contributed by atoms with Crippen molar-refractivity contribution in [3.8, 4) is 5.75 Å². The Labute approximate surface area is 115 Å². The minimum atomic E-state index is 0.512. The van der Waals surface area contributed by atoms with Crippen molar-refractivity contribution in [3.63, 3.8) is 0 Å². The Bertz CT molecular complexity index is 407. The van der Waals surface area contributed by atoms with Gasteiger partial charge >= 0.3 is 0 Å². The van der Waals surface area contributed by atoms with E-state index in [9.17, 15) is 0 Å². The molecule has 0 heterocycles. The highest BCUT2D eigenvalue weighted by Gasteiger charge is 2.27. The maximum Gasteiger partial charge on any atom is 0.121 e. The van der Waals surface area contributed by atoms with Crippen LogP contribution < -0.4 is 10.1 Å². The van der Waals surface area contributed by atoms with Gasteiger partial charge in [-0.3, -0.25) is 0 Å². The van der Waals surface area contributed by atoms with Crippen molar-refractivity contribution in [3.05, 3.63) is 23.2 Å². The minimum absolute atomic E-state index is 0.512. The van der Waals surface area contributed by atoms with Gasteiger partial charge in [0.05, 0.1) is 17.8 Å². The Morgan fingerprint density at radius 1 is 1.28 bits per heavy atom. The molecule has 2 rings (SSSR count). The van der Waals surface area contributed by atoms with Crippen LogP contribution in [-0.4, -0.2) is 13.2 Å². The van der Waals surface area contributed by atoms with Gasteiger partial charge in [0.1, 0.15) is 5.75 Å². The molecule has 3 unspecified atom stereocenters. The largest absolute Gasteiger partial charge is 0.497 e. The standard InChI is InChI=1S/C15H22ClNO/c1-10-5-4-6-14(11(10)2)17-15-9-12(18-3)7-8-13(15)16/h7-11,14,17H,4-6H2,1-3H3. The number of anilines is 1. The monoisotopic (exact) mass is 267 g/mol. The molecule has 0 bridgehead atoms. The summed E-state index contributed by atoms with van der Waals surface area (Å²) in [5, 5.41) is 4.36. The van der Waals surface area contributed by atoms with E-state index in [4.69, 9.17) is 16.3 Å². The minimum Gasteiger partial charge on any atom is -0.497 e. The van der Waals surface area contributed by atoms with Crippen LogP contribution in [0.25, 0.3) is 0 Å². The van der Waals surface area contributed by atoms with E-state index in [0.29, 0.717) is 12.0 Å². The van der Waals surface area contributed by atoms with E-state index in [2.05, 4.69) is 19.2 Å². The molecule has 0 amide bonds. The van der Waals surface area contributed by atoms with Crippen molar-refractivity contribution < 1.29 is 4.74 Å². The van der Waals surface area contributed by atoms with E-state index >= 15 is 0 Å². The van der Waals surface area contributed by atoms with Gasteiger partial charge in [0.15, 0.2) is 0 Å². The first-order chi connectivity index (χ1) is 8.61. The normalized spacial score (nSPS) is 27.9. The molecule has 0 radical (unpaired) electrons. The lowest BCUT2D eigenvalue weighted by Gasteiger charge is -2.35. The molecule has 1 aromatic carbocycles. The van der Waals surface area contributed by atoms with Crippen LogP contribution in [0.1, 0.15) is 33.1 Å². The third-order valence-electron chi connectivity index (χ3n) is 4.22. The second-order valence-electron chi connectivity index (χ2n) is 5.36.